The Morgan fingerprint density at radius 2 is 1.91 bits per heavy atom. The average Bonchev–Trinajstić information content (AvgIpc) is 2.59. The van der Waals surface area contributed by atoms with Gasteiger partial charge in [0, 0.05) is 25.1 Å². The Labute approximate surface area is 135 Å². The number of ether oxygens (including phenoxy) is 1. The number of carbonyl (C=O) groups excluding carboxylic acids is 1. The lowest BCUT2D eigenvalue weighted by Gasteiger charge is -2.31. The molecule has 0 N–H and O–H groups in total. The average molecular weight is 315 g/mol. The van der Waals surface area contributed by atoms with E-state index in [4.69, 9.17) is 4.74 Å². The summed E-state index contributed by atoms with van der Waals surface area (Å²) in [6.07, 6.45) is 2.21. The summed E-state index contributed by atoms with van der Waals surface area (Å²) in [5, 5.41) is 2.46. The van der Waals surface area contributed by atoms with Crippen LogP contribution in [0.3, 0.4) is 0 Å². The number of fused-ring (bicyclic) bond motifs is 1. The molecule has 0 spiro atoms. The Kier molecular flexibility index (Phi) is 5.01. The highest BCUT2D eigenvalue weighted by Crippen LogP contribution is 2.24. The predicted octanol–water partition coefficient (Wildman–Crippen LogP) is 3.57. The molecule has 1 aliphatic heterocycles. The number of methoxy groups -OCH3 is 1. The van der Waals surface area contributed by atoms with Crippen molar-refractivity contribution in [3.63, 3.8) is 0 Å². The Balaban J connectivity index is 1.56. The second-order valence-electron chi connectivity index (χ2n) is 5.61. The molecule has 1 saturated heterocycles. The molecule has 1 aliphatic rings. The molecule has 1 amide bonds. The zero-order valence-electron chi connectivity index (χ0n) is 12.8. The standard InChI is InChI=1S/C18H21NO2S/c1-21-16-8-10-19(11-9-16)18(20)13-22-17-7-6-14-4-2-3-5-15(14)12-17/h2-7,12,16H,8-11,13H2,1H3. The van der Waals surface area contributed by atoms with Gasteiger partial charge in [0.1, 0.15) is 0 Å². The molecule has 0 radical (unpaired) electrons. The van der Waals surface area contributed by atoms with Crippen LogP contribution in [-0.2, 0) is 9.53 Å². The minimum atomic E-state index is 0.229. The van der Waals surface area contributed by atoms with Gasteiger partial charge in [-0.25, -0.2) is 0 Å². The van der Waals surface area contributed by atoms with Gasteiger partial charge in [0.2, 0.25) is 5.91 Å². The Hall–Kier alpha value is -1.52. The smallest absolute Gasteiger partial charge is 0.232 e. The summed E-state index contributed by atoms with van der Waals surface area (Å²) in [4.78, 5) is 15.4. The topological polar surface area (TPSA) is 29.5 Å². The van der Waals surface area contributed by atoms with Crippen molar-refractivity contribution in [3.05, 3.63) is 42.5 Å². The molecular weight excluding hydrogens is 294 g/mol. The summed E-state index contributed by atoms with van der Waals surface area (Å²) < 4.78 is 5.35. The minimum absolute atomic E-state index is 0.229. The SMILES string of the molecule is COC1CCN(C(=O)CSc2ccc3ccccc3c2)CC1. The predicted molar refractivity (Wildman–Crippen MR) is 91.3 cm³/mol. The van der Waals surface area contributed by atoms with Crippen LogP contribution >= 0.6 is 11.8 Å². The first-order chi connectivity index (χ1) is 10.8. The number of carbonyl (C=O) groups is 1. The number of amides is 1. The van der Waals surface area contributed by atoms with Gasteiger partial charge in [-0.05, 0) is 35.7 Å². The van der Waals surface area contributed by atoms with Gasteiger partial charge in [-0.15, -0.1) is 11.8 Å². The van der Waals surface area contributed by atoms with Crippen LogP contribution in [0.5, 0.6) is 0 Å². The zero-order chi connectivity index (χ0) is 15.4. The van der Waals surface area contributed by atoms with Gasteiger partial charge in [0.15, 0.2) is 0 Å². The maximum atomic E-state index is 12.3. The van der Waals surface area contributed by atoms with E-state index in [9.17, 15) is 4.79 Å². The van der Waals surface area contributed by atoms with Gasteiger partial charge in [0.05, 0.1) is 11.9 Å². The van der Waals surface area contributed by atoms with Crippen LogP contribution < -0.4 is 0 Å². The highest BCUT2D eigenvalue weighted by molar-refractivity contribution is 8.00. The zero-order valence-corrected chi connectivity index (χ0v) is 13.6. The molecule has 3 rings (SSSR count). The number of nitrogens with zero attached hydrogens (tertiary/aromatic N) is 1. The highest BCUT2D eigenvalue weighted by Gasteiger charge is 2.22. The van der Waals surface area contributed by atoms with E-state index in [1.54, 1.807) is 18.9 Å². The molecular formula is C18H21NO2S. The van der Waals surface area contributed by atoms with E-state index >= 15 is 0 Å². The summed E-state index contributed by atoms with van der Waals surface area (Å²) in [5.41, 5.74) is 0. The molecule has 0 unspecified atom stereocenters. The maximum Gasteiger partial charge on any atom is 0.232 e. The second-order valence-corrected chi connectivity index (χ2v) is 6.66. The molecule has 0 aliphatic carbocycles. The summed E-state index contributed by atoms with van der Waals surface area (Å²) >= 11 is 1.62. The van der Waals surface area contributed by atoms with Crippen molar-refractivity contribution in [3.8, 4) is 0 Å². The molecule has 1 fully saturated rings. The number of rotatable bonds is 4. The van der Waals surface area contributed by atoms with Gasteiger partial charge in [-0.1, -0.05) is 30.3 Å². The third-order valence-electron chi connectivity index (χ3n) is 4.21. The van der Waals surface area contributed by atoms with E-state index in [0.717, 1.165) is 30.8 Å². The number of thioether (sulfide) groups is 1. The molecule has 2 aromatic rings. The lowest BCUT2D eigenvalue weighted by atomic mass is 10.1. The fourth-order valence-electron chi connectivity index (χ4n) is 2.83. The van der Waals surface area contributed by atoms with Crippen molar-refractivity contribution in [2.24, 2.45) is 0 Å². The van der Waals surface area contributed by atoms with Crippen molar-refractivity contribution in [2.75, 3.05) is 26.0 Å². The van der Waals surface area contributed by atoms with Gasteiger partial charge < -0.3 is 9.64 Å². The van der Waals surface area contributed by atoms with Crippen LogP contribution in [-0.4, -0.2) is 42.9 Å². The number of hydrogen-bond donors (Lipinski definition) is 0. The van der Waals surface area contributed by atoms with Crippen molar-refractivity contribution in [2.45, 2.75) is 23.8 Å². The maximum absolute atomic E-state index is 12.3. The minimum Gasteiger partial charge on any atom is -0.381 e. The van der Waals surface area contributed by atoms with Crippen LogP contribution in [0.4, 0.5) is 0 Å². The summed E-state index contributed by atoms with van der Waals surface area (Å²) in [5.74, 6) is 0.739. The lowest BCUT2D eigenvalue weighted by Crippen LogP contribution is -2.41. The highest BCUT2D eigenvalue weighted by atomic mass is 32.2. The number of piperidine rings is 1. The monoisotopic (exact) mass is 315 g/mol. The molecule has 0 aromatic heterocycles. The fourth-order valence-corrected chi connectivity index (χ4v) is 3.68. The number of hydrogen-bond acceptors (Lipinski definition) is 3. The van der Waals surface area contributed by atoms with Gasteiger partial charge in [0.25, 0.3) is 0 Å². The van der Waals surface area contributed by atoms with E-state index in [1.807, 2.05) is 17.0 Å². The molecule has 2 aromatic carbocycles. The molecule has 0 bridgehead atoms. The third kappa shape index (κ3) is 3.62. The Bertz CT molecular complexity index is 650. The first-order valence-electron chi connectivity index (χ1n) is 7.68. The second kappa shape index (κ2) is 7.16. The molecule has 3 nitrogen and oxygen atoms in total. The van der Waals surface area contributed by atoms with Crippen LogP contribution in [0.1, 0.15) is 12.8 Å². The quantitative estimate of drug-likeness (QED) is 0.808. The normalized spacial score (nSPS) is 16.1. The van der Waals surface area contributed by atoms with Crippen molar-refractivity contribution < 1.29 is 9.53 Å². The Morgan fingerprint density at radius 3 is 2.64 bits per heavy atom. The third-order valence-corrected chi connectivity index (χ3v) is 5.19. The molecule has 0 atom stereocenters. The molecule has 4 heteroatoms. The van der Waals surface area contributed by atoms with Crippen LogP contribution in [0, 0.1) is 0 Å². The van der Waals surface area contributed by atoms with E-state index in [-0.39, 0.29) is 5.91 Å². The Morgan fingerprint density at radius 1 is 1.18 bits per heavy atom. The van der Waals surface area contributed by atoms with Crippen molar-refractivity contribution >= 4 is 28.4 Å². The van der Waals surface area contributed by atoms with Gasteiger partial charge in [-0.2, -0.15) is 0 Å². The van der Waals surface area contributed by atoms with Crippen LogP contribution in [0.15, 0.2) is 47.4 Å². The van der Waals surface area contributed by atoms with Crippen LogP contribution in [0.2, 0.25) is 0 Å². The van der Waals surface area contributed by atoms with Crippen molar-refractivity contribution in [1.29, 1.82) is 0 Å². The largest absolute Gasteiger partial charge is 0.381 e. The molecule has 1 heterocycles. The lowest BCUT2D eigenvalue weighted by molar-refractivity contribution is -0.130. The number of likely N-dealkylation sites (tertiary alicyclic amines) is 1. The summed E-state index contributed by atoms with van der Waals surface area (Å²) in [6.45, 7) is 1.63. The summed E-state index contributed by atoms with van der Waals surface area (Å²) in [6, 6.07) is 14.7. The molecule has 22 heavy (non-hydrogen) atoms. The first kappa shape index (κ1) is 15.4. The van der Waals surface area contributed by atoms with Crippen molar-refractivity contribution in [1.82, 2.24) is 4.90 Å². The number of benzene rings is 2. The fraction of sp³-hybridized carbons (Fsp3) is 0.389. The van der Waals surface area contributed by atoms with Gasteiger partial charge in [-0.3, -0.25) is 4.79 Å². The van der Waals surface area contributed by atoms with E-state index < -0.39 is 0 Å². The summed E-state index contributed by atoms with van der Waals surface area (Å²) in [7, 11) is 1.75. The molecule has 0 saturated carbocycles. The van der Waals surface area contributed by atoms with E-state index in [1.165, 1.54) is 10.8 Å². The van der Waals surface area contributed by atoms with Gasteiger partial charge >= 0.3 is 0 Å². The van der Waals surface area contributed by atoms with E-state index in [0.29, 0.717) is 11.9 Å². The van der Waals surface area contributed by atoms with Crippen LogP contribution in [0.25, 0.3) is 10.8 Å². The van der Waals surface area contributed by atoms with E-state index in [2.05, 4.69) is 30.3 Å². The first-order valence-corrected chi connectivity index (χ1v) is 8.67. The molecule has 116 valence electrons.